The van der Waals surface area contributed by atoms with E-state index in [1.165, 1.54) is 19.3 Å². The van der Waals surface area contributed by atoms with Gasteiger partial charge < -0.3 is 14.6 Å². The molecule has 1 amide bonds. The zero-order valence-corrected chi connectivity index (χ0v) is 19.6. The lowest BCUT2D eigenvalue weighted by Gasteiger charge is -2.23. The lowest BCUT2D eigenvalue weighted by Crippen LogP contribution is -2.36. The predicted octanol–water partition coefficient (Wildman–Crippen LogP) is 5.66. The van der Waals surface area contributed by atoms with E-state index in [2.05, 4.69) is 26.3 Å². The van der Waals surface area contributed by atoms with E-state index in [0.29, 0.717) is 0 Å². The molecule has 1 aliphatic carbocycles. The Bertz CT molecular complexity index is 1090. The summed E-state index contributed by atoms with van der Waals surface area (Å²) in [6, 6.07) is 6.34. The van der Waals surface area contributed by atoms with Gasteiger partial charge in [0.2, 0.25) is 0 Å². The molecule has 3 aromatic heterocycles. The molecule has 1 aliphatic heterocycles. The van der Waals surface area contributed by atoms with Gasteiger partial charge in [-0.2, -0.15) is 0 Å². The zero-order chi connectivity index (χ0) is 22.1. The van der Waals surface area contributed by atoms with Gasteiger partial charge in [0.1, 0.15) is 11.2 Å². The predicted molar refractivity (Wildman–Crippen MR) is 127 cm³/mol. The first-order valence-corrected chi connectivity index (χ1v) is 12.5. The Labute approximate surface area is 193 Å². The first-order chi connectivity index (χ1) is 15.6. The molecule has 1 atom stereocenters. The molecule has 5 rings (SSSR count). The topological polar surface area (TPSA) is 69.0 Å². The number of hydrogen-bond acceptors (Lipinski definition) is 5. The summed E-state index contributed by atoms with van der Waals surface area (Å²) in [5.74, 6) is 0.0191. The van der Waals surface area contributed by atoms with Crippen molar-refractivity contribution in [2.45, 2.75) is 71.1 Å². The second-order valence-electron chi connectivity index (χ2n) is 8.90. The Morgan fingerprint density at radius 1 is 1.16 bits per heavy atom. The van der Waals surface area contributed by atoms with Gasteiger partial charge in [-0.05, 0) is 57.7 Å². The van der Waals surface area contributed by atoms with Crippen LogP contribution in [0.1, 0.15) is 72.9 Å². The molecule has 6 nitrogen and oxygen atoms in total. The summed E-state index contributed by atoms with van der Waals surface area (Å²) in [7, 11) is 0. The lowest BCUT2D eigenvalue weighted by molar-refractivity contribution is 0.0565. The number of pyridine rings is 1. The van der Waals surface area contributed by atoms with E-state index in [1.54, 1.807) is 11.3 Å². The van der Waals surface area contributed by atoms with Crippen LogP contribution in [-0.2, 0) is 4.74 Å². The van der Waals surface area contributed by atoms with Crippen LogP contribution in [0.15, 0.2) is 29.8 Å². The molecule has 1 N–H and O–H groups in total. The number of ether oxygens (including phenoxy) is 1. The normalized spacial score (nSPS) is 19.4. The summed E-state index contributed by atoms with van der Waals surface area (Å²) < 4.78 is 8.20. The third-order valence-corrected chi connectivity index (χ3v) is 7.49. The highest BCUT2D eigenvalue weighted by Gasteiger charge is 2.28. The van der Waals surface area contributed by atoms with Crippen LogP contribution in [0.4, 0.5) is 0 Å². The highest BCUT2D eigenvalue weighted by molar-refractivity contribution is 7.13. The van der Waals surface area contributed by atoms with Crippen molar-refractivity contribution in [1.29, 1.82) is 0 Å². The number of nitrogens with one attached hydrogen (secondary N) is 1. The Morgan fingerprint density at radius 3 is 2.72 bits per heavy atom. The van der Waals surface area contributed by atoms with Crippen molar-refractivity contribution in [3.05, 3.63) is 46.7 Å². The summed E-state index contributed by atoms with van der Waals surface area (Å²) in [4.78, 5) is 22.5. The standard InChI is InChI=1S/C25H30N4O2S/c1-16-10-11-18(14-26-16)25-28-21(15-32-25)22-13-20(17(2)29(22)23-9-6-12-31-23)24(30)27-19-7-4-3-5-8-19/h10-11,13-15,19,23H,3-9,12H2,1-2H3,(H,27,30). The van der Waals surface area contributed by atoms with E-state index in [0.717, 1.165) is 71.2 Å². The number of carbonyl (C=O) groups is 1. The van der Waals surface area contributed by atoms with E-state index in [-0.39, 0.29) is 18.2 Å². The van der Waals surface area contributed by atoms with E-state index in [9.17, 15) is 4.79 Å². The van der Waals surface area contributed by atoms with Crippen LogP contribution >= 0.6 is 11.3 Å². The molecule has 4 heterocycles. The fourth-order valence-corrected chi connectivity index (χ4v) is 5.62. The average molecular weight is 451 g/mol. The molecule has 0 spiro atoms. The molecule has 2 aliphatic rings. The van der Waals surface area contributed by atoms with Crippen LogP contribution in [0.5, 0.6) is 0 Å². The molecule has 0 radical (unpaired) electrons. The van der Waals surface area contributed by atoms with Gasteiger partial charge >= 0.3 is 0 Å². The second-order valence-corrected chi connectivity index (χ2v) is 9.76. The Morgan fingerprint density at radius 2 is 2.00 bits per heavy atom. The number of thiazole rings is 1. The van der Waals surface area contributed by atoms with Crippen LogP contribution in [0.3, 0.4) is 0 Å². The smallest absolute Gasteiger partial charge is 0.253 e. The van der Waals surface area contributed by atoms with Gasteiger partial charge in [-0.25, -0.2) is 4.98 Å². The molecule has 3 aromatic rings. The minimum atomic E-state index is -0.0487. The van der Waals surface area contributed by atoms with Gasteiger partial charge in [-0.3, -0.25) is 9.78 Å². The summed E-state index contributed by atoms with van der Waals surface area (Å²) >= 11 is 1.60. The maximum absolute atomic E-state index is 13.2. The first kappa shape index (κ1) is 21.3. The van der Waals surface area contributed by atoms with Crippen molar-refractivity contribution in [1.82, 2.24) is 19.9 Å². The van der Waals surface area contributed by atoms with E-state index in [1.807, 2.05) is 32.2 Å². The van der Waals surface area contributed by atoms with Gasteiger partial charge in [0.15, 0.2) is 0 Å². The third-order valence-electron chi connectivity index (χ3n) is 6.60. The van der Waals surface area contributed by atoms with Crippen LogP contribution in [-0.4, -0.2) is 33.1 Å². The summed E-state index contributed by atoms with van der Waals surface area (Å²) in [6.45, 7) is 4.76. The average Bonchev–Trinajstić information content (AvgIpc) is 3.55. The Kier molecular flexibility index (Phi) is 6.11. The van der Waals surface area contributed by atoms with E-state index >= 15 is 0 Å². The van der Waals surface area contributed by atoms with E-state index in [4.69, 9.17) is 9.72 Å². The molecule has 168 valence electrons. The van der Waals surface area contributed by atoms with Gasteiger partial charge in [-0.1, -0.05) is 19.3 Å². The largest absolute Gasteiger partial charge is 0.358 e. The Balaban J connectivity index is 1.49. The van der Waals surface area contributed by atoms with Gasteiger partial charge in [0, 0.05) is 41.2 Å². The molecule has 1 saturated heterocycles. The number of hydrogen-bond donors (Lipinski definition) is 1. The number of aryl methyl sites for hydroxylation is 1. The van der Waals surface area contributed by atoms with E-state index < -0.39 is 0 Å². The maximum atomic E-state index is 13.2. The zero-order valence-electron chi connectivity index (χ0n) is 18.8. The van der Waals surface area contributed by atoms with Gasteiger partial charge in [-0.15, -0.1) is 11.3 Å². The first-order valence-electron chi connectivity index (χ1n) is 11.6. The van der Waals surface area contributed by atoms with Crippen molar-refractivity contribution >= 4 is 17.2 Å². The summed E-state index contributed by atoms with van der Waals surface area (Å²) in [5.41, 5.74) is 5.50. The molecule has 0 aromatic carbocycles. The molecule has 7 heteroatoms. The fourth-order valence-electron chi connectivity index (χ4n) is 4.81. The quantitative estimate of drug-likeness (QED) is 0.544. The Hall–Kier alpha value is -2.51. The minimum absolute atomic E-state index is 0.0191. The maximum Gasteiger partial charge on any atom is 0.253 e. The SMILES string of the molecule is Cc1ccc(-c2nc(-c3cc(C(=O)NC4CCCCC4)c(C)n3C3CCCO3)cs2)cn1. The van der Waals surface area contributed by atoms with Gasteiger partial charge in [0.05, 0.1) is 17.0 Å². The van der Waals surface area contributed by atoms with Crippen molar-refractivity contribution in [3.8, 4) is 22.0 Å². The van der Waals surface area contributed by atoms with Crippen LogP contribution in [0, 0.1) is 13.8 Å². The third kappa shape index (κ3) is 4.24. The number of amides is 1. The number of nitrogens with zero attached hydrogens (tertiary/aromatic N) is 3. The monoisotopic (exact) mass is 450 g/mol. The molecule has 1 unspecified atom stereocenters. The molecular formula is C25H30N4O2S. The summed E-state index contributed by atoms with van der Waals surface area (Å²) in [5, 5.41) is 6.27. The molecular weight excluding hydrogens is 420 g/mol. The highest BCUT2D eigenvalue weighted by Crippen LogP contribution is 2.36. The fraction of sp³-hybridized carbons (Fsp3) is 0.480. The second kappa shape index (κ2) is 9.16. The number of aromatic nitrogens is 3. The van der Waals surface area contributed by atoms with Crippen molar-refractivity contribution in [2.24, 2.45) is 0 Å². The molecule has 2 fully saturated rings. The summed E-state index contributed by atoms with van der Waals surface area (Å²) in [6.07, 6.45) is 9.61. The molecule has 32 heavy (non-hydrogen) atoms. The van der Waals surface area contributed by atoms with Crippen LogP contribution < -0.4 is 5.32 Å². The number of rotatable bonds is 5. The highest BCUT2D eigenvalue weighted by atomic mass is 32.1. The van der Waals surface area contributed by atoms with Crippen molar-refractivity contribution < 1.29 is 9.53 Å². The minimum Gasteiger partial charge on any atom is -0.358 e. The van der Waals surface area contributed by atoms with Crippen molar-refractivity contribution in [3.63, 3.8) is 0 Å². The van der Waals surface area contributed by atoms with Crippen LogP contribution in [0.25, 0.3) is 22.0 Å². The van der Waals surface area contributed by atoms with Gasteiger partial charge in [0.25, 0.3) is 5.91 Å². The molecule has 0 bridgehead atoms. The number of carbonyl (C=O) groups excluding carboxylic acids is 1. The molecule has 1 saturated carbocycles. The lowest BCUT2D eigenvalue weighted by atomic mass is 9.95. The van der Waals surface area contributed by atoms with Crippen molar-refractivity contribution in [2.75, 3.05) is 6.61 Å². The van der Waals surface area contributed by atoms with Crippen LogP contribution in [0.2, 0.25) is 0 Å².